The number of nitrogens with one attached hydrogen (secondary N) is 2. The van der Waals surface area contributed by atoms with Crippen LogP contribution in [0, 0.1) is 6.92 Å². The fourth-order valence-electron chi connectivity index (χ4n) is 2.90. The van der Waals surface area contributed by atoms with Crippen molar-refractivity contribution in [3.8, 4) is 5.75 Å². The van der Waals surface area contributed by atoms with Crippen LogP contribution < -0.4 is 20.3 Å². The normalized spacial score (nSPS) is 13.7. The number of carbonyl (C=O) groups excluding carboxylic acids is 2. The van der Waals surface area contributed by atoms with Gasteiger partial charge >= 0.3 is 0 Å². The van der Waals surface area contributed by atoms with Gasteiger partial charge in [-0.15, -0.1) is 0 Å². The molecule has 2 aromatic carbocycles. The quantitative estimate of drug-likeness (QED) is 0.764. The smallest absolute Gasteiger partial charge is 0.258 e. The average Bonchev–Trinajstić information content (AvgIpc) is 2.73. The Balaban J connectivity index is 1.44. The average molecular weight is 383 g/mol. The molecule has 2 aromatic rings. The maximum absolute atomic E-state index is 12.1. The molecule has 0 aromatic heterocycles. The third-order valence-corrected chi connectivity index (χ3v) is 4.42. The van der Waals surface area contributed by atoms with E-state index >= 15 is 0 Å². The molecule has 1 fully saturated rings. The fraction of sp³-hybridized carbons (Fsp3) is 0.333. The van der Waals surface area contributed by atoms with E-state index in [2.05, 4.69) is 15.5 Å². The van der Waals surface area contributed by atoms with Crippen LogP contribution in [0.4, 0.5) is 11.4 Å². The summed E-state index contributed by atoms with van der Waals surface area (Å²) >= 11 is 0. The first kappa shape index (κ1) is 19.7. The highest BCUT2D eigenvalue weighted by Crippen LogP contribution is 2.23. The molecule has 1 aliphatic heterocycles. The first-order valence-electron chi connectivity index (χ1n) is 9.29. The lowest BCUT2D eigenvalue weighted by molar-refractivity contribution is -0.125. The molecule has 3 rings (SSSR count). The monoisotopic (exact) mass is 383 g/mol. The highest BCUT2D eigenvalue weighted by atomic mass is 16.5. The van der Waals surface area contributed by atoms with Gasteiger partial charge in [-0.1, -0.05) is 18.2 Å². The second-order valence-electron chi connectivity index (χ2n) is 6.53. The van der Waals surface area contributed by atoms with Crippen LogP contribution in [-0.2, 0) is 14.3 Å². The summed E-state index contributed by atoms with van der Waals surface area (Å²) in [7, 11) is 0. The predicted octanol–water partition coefficient (Wildman–Crippen LogP) is 1.97. The largest absolute Gasteiger partial charge is 0.484 e. The topological polar surface area (TPSA) is 79.9 Å². The van der Waals surface area contributed by atoms with Crippen molar-refractivity contribution in [2.45, 2.75) is 6.92 Å². The molecule has 148 valence electrons. The van der Waals surface area contributed by atoms with Crippen molar-refractivity contribution >= 4 is 23.2 Å². The number of amides is 2. The van der Waals surface area contributed by atoms with E-state index in [1.165, 1.54) is 0 Å². The van der Waals surface area contributed by atoms with Crippen molar-refractivity contribution < 1.29 is 19.1 Å². The van der Waals surface area contributed by atoms with Gasteiger partial charge in [-0.3, -0.25) is 9.59 Å². The number of benzene rings is 2. The fourth-order valence-corrected chi connectivity index (χ4v) is 2.90. The van der Waals surface area contributed by atoms with Gasteiger partial charge in [0.15, 0.2) is 6.61 Å². The van der Waals surface area contributed by atoms with Gasteiger partial charge in [0, 0.05) is 24.5 Å². The van der Waals surface area contributed by atoms with Crippen molar-refractivity contribution in [1.82, 2.24) is 5.32 Å². The minimum absolute atomic E-state index is 0.109. The molecular weight excluding hydrogens is 358 g/mol. The molecule has 2 N–H and O–H groups in total. The lowest BCUT2D eigenvalue weighted by atomic mass is 10.1. The van der Waals surface area contributed by atoms with Gasteiger partial charge in [-0.2, -0.15) is 0 Å². The molecule has 1 saturated heterocycles. The predicted molar refractivity (Wildman–Crippen MR) is 108 cm³/mol. The van der Waals surface area contributed by atoms with E-state index in [4.69, 9.17) is 9.47 Å². The lowest BCUT2D eigenvalue weighted by Crippen LogP contribution is -2.36. The van der Waals surface area contributed by atoms with Crippen molar-refractivity contribution in [2.24, 2.45) is 0 Å². The van der Waals surface area contributed by atoms with E-state index in [0.29, 0.717) is 5.75 Å². The van der Waals surface area contributed by atoms with Crippen molar-refractivity contribution in [3.63, 3.8) is 0 Å². The van der Waals surface area contributed by atoms with Gasteiger partial charge in [0.1, 0.15) is 5.75 Å². The Bertz CT molecular complexity index is 805. The summed E-state index contributed by atoms with van der Waals surface area (Å²) in [5, 5.41) is 5.39. The summed E-state index contributed by atoms with van der Waals surface area (Å²) in [6, 6.07) is 15.0. The first-order valence-corrected chi connectivity index (χ1v) is 9.29. The maximum atomic E-state index is 12.1. The molecule has 0 radical (unpaired) electrons. The Morgan fingerprint density at radius 1 is 1.07 bits per heavy atom. The van der Waals surface area contributed by atoms with Crippen LogP contribution in [0.3, 0.4) is 0 Å². The molecule has 0 saturated carbocycles. The van der Waals surface area contributed by atoms with Crippen LogP contribution in [0.25, 0.3) is 0 Å². The van der Waals surface area contributed by atoms with Crippen molar-refractivity contribution in [1.29, 1.82) is 0 Å². The molecule has 0 spiro atoms. The summed E-state index contributed by atoms with van der Waals surface area (Å²) in [5.41, 5.74) is 2.82. The zero-order valence-electron chi connectivity index (χ0n) is 15.9. The molecule has 7 nitrogen and oxygen atoms in total. The summed E-state index contributed by atoms with van der Waals surface area (Å²) in [4.78, 5) is 26.2. The van der Waals surface area contributed by atoms with Crippen LogP contribution in [0.2, 0.25) is 0 Å². The lowest BCUT2D eigenvalue weighted by Gasteiger charge is -2.29. The number of ether oxygens (including phenoxy) is 2. The zero-order chi connectivity index (χ0) is 19.8. The van der Waals surface area contributed by atoms with Gasteiger partial charge in [0.05, 0.1) is 19.8 Å². The Kier molecular flexibility index (Phi) is 6.86. The molecule has 7 heteroatoms. The van der Waals surface area contributed by atoms with Crippen LogP contribution in [0.15, 0.2) is 48.5 Å². The van der Waals surface area contributed by atoms with E-state index in [0.717, 1.165) is 43.2 Å². The van der Waals surface area contributed by atoms with E-state index in [9.17, 15) is 9.59 Å². The highest BCUT2D eigenvalue weighted by Gasteiger charge is 2.13. The standard InChI is InChI=1S/C21H25N3O4/c1-16-13-17(24-9-11-27-12-10-24)7-8-19(16)23-20(25)14-22-21(26)15-28-18-5-3-2-4-6-18/h2-8,13H,9-12,14-15H2,1H3,(H,22,26)(H,23,25). The number of aryl methyl sites for hydroxylation is 1. The number of para-hydroxylation sites is 1. The van der Waals surface area contributed by atoms with Gasteiger partial charge < -0.3 is 25.0 Å². The summed E-state index contributed by atoms with van der Waals surface area (Å²) in [6.45, 7) is 4.89. The minimum atomic E-state index is -0.349. The number of hydrogen-bond donors (Lipinski definition) is 2. The minimum Gasteiger partial charge on any atom is -0.484 e. The van der Waals surface area contributed by atoms with Gasteiger partial charge in [0.2, 0.25) is 5.91 Å². The van der Waals surface area contributed by atoms with E-state index in [-0.39, 0.29) is 25.0 Å². The number of morpholine rings is 1. The highest BCUT2D eigenvalue weighted by molar-refractivity contribution is 5.95. The van der Waals surface area contributed by atoms with E-state index < -0.39 is 0 Å². The van der Waals surface area contributed by atoms with Crippen LogP contribution in [-0.4, -0.2) is 51.3 Å². The Labute approximate surface area is 164 Å². The molecule has 0 aliphatic carbocycles. The van der Waals surface area contributed by atoms with E-state index in [1.807, 2.05) is 43.3 Å². The van der Waals surface area contributed by atoms with Crippen molar-refractivity contribution in [2.75, 3.05) is 49.7 Å². The summed E-state index contributed by atoms with van der Waals surface area (Å²) in [5.74, 6) is -0.0215. The third-order valence-electron chi connectivity index (χ3n) is 4.42. The molecule has 2 amide bonds. The summed E-state index contributed by atoms with van der Waals surface area (Å²) < 4.78 is 10.7. The van der Waals surface area contributed by atoms with Gasteiger partial charge in [-0.25, -0.2) is 0 Å². The van der Waals surface area contributed by atoms with Crippen LogP contribution >= 0.6 is 0 Å². The SMILES string of the molecule is Cc1cc(N2CCOCC2)ccc1NC(=O)CNC(=O)COc1ccccc1. The van der Waals surface area contributed by atoms with Crippen LogP contribution in [0.1, 0.15) is 5.56 Å². The Hall–Kier alpha value is -3.06. The molecule has 0 unspecified atom stereocenters. The number of nitrogens with zero attached hydrogens (tertiary/aromatic N) is 1. The zero-order valence-corrected chi connectivity index (χ0v) is 15.9. The second-order valence-corrected chi connectivity index (χ2v) is 6.53. The third kappa shape index (κ3) is 5.72. The van der Waals surface area contributed by atoms with Crippen molar-refractivity contribution in [3.05, 3.63) is 54.1 Å². The Morgan fingerprint density at radius 2 is 1.82 bits per heavy atom. The molecular formula is C21H25N3O4. The summed E-state index contributed by atoms with van der Waals surface area (Å²) in [6.07, 6.45) is 0. The number of anilines is 2. The second kappa shape index (κ2) is 9.75. The number of carbonyl (C=O) groups is 2. The maximum Gasteiger partial charge on any atom is 0.258 e. The molecule has 0 atom stereocenters. The molecule has 1 aliphatic rings. The van der Waals surface area contributed by atoms with Gasteiger partial charge in [-0.05, 0) is 42.8 Å². The molecule has 28 heavy (non-hydrogen) atoms. The van der Waals surface area contributed by atoms with Crippen LogP contribution in [0.5, 0.6) is 5.75 Å². The number of rotatable bonds is 7. The van der Waals surface area contributed by atoms with Gasteiger partial charge in [0.25, 0.3) is 5.91 Å². The molecule has 0 bridgehead atoms. The number of hydrogen-bond acceptors (Lipinski definition) is 5. The van der Waals surface area contributed by atoms with E-state index in [1.54, 1.807) is 12.1 Å². The first-order chi connectivity index (χ1) is 13.6. The Morgan fingerprint density at radius 3 is 2.54 bits per heavy atom. The molecule has 1 heterocycles.